The van der Waals surface area contributed by atoms with Crippen molar-refractivity contribution >= 4 is 28.6 Å². The normalized spacial score (nSPS) is 12.5. The van der Waals surface area contributed by atoms with Crippen molar-refractivity contribution in [2.75, 3.05) is 23.3 Å². The lowest BCUT2D eigenvalue weighted by Gasteiger charge is -2.10. The van der Waals surface area contributed by atoms with Crippen LogP contribution in [0, 0.1) is 5.82 Å². The van der Waals surface area contributed by atoms with Crippen molar-refractivity contribution in [2.24, 2.45) is 5.73 Å². The fourth-order valence-electron chi connectivity index (χ4n) is 2.76. The summed E-state index contributed by atoms with van der Waals surface area (Å²) in [5, 5.41) is 3.07. The van der Waals surface area contributed by atoms with E-state index < -0.39 is 0 Å². The first-order chi connectivity index (χ1) is 12.4. The number of nitrogens with one attached hydrogen (secondary N) is 1. The van der Waals surface area contributed by atoms with Gasteiger partial charge in [-0.15, -0.1) is 0 Å². The van der Waals surface area contributed by atoms with Crippen molar-refractivity contribution < 1.29 is 4.39 Å². The van der Waals surface area contributed by atoms with E-state index >= 15 is 0 Å². The Bertz CT molecular complexity index is 934. The molecule has 0 unspecified atom stereocenters. The molecule has 0 saturated carbocycles. The third-order valence-electron chi connectivity index (χ3n) is 4.05. The molecular formula is C17H23FN8. The molecule has 3 rings (SSSR count). The number of halogens is 1. The Morgan fingerprint density at radius 3 is 2.69 bits per heavy atom. The van der Waals surface area contributed by atoms with E-state index in [0.29, 0.717) is 53.7 Å². The van der Waals surface area contributed by atoms with Crippen LogP contribution in [0.25, 0.3) is 11.2 Å². The molecule has 0 aliphatic carbocycles. The van der Waals surface area contributed by atoms with E-state index in [2.05, 4.69) is 20.3 Å². The average molecular weight is 358 g/mol. The van der Waals surface area contributed by atoms with Gasteiger partial charge in [0.25, 0.3) is 0 Å². The van der Waals surface area contributed by atoms with Crippen LogP contribution in [0.4, 0.5) is 21.8 Å². The zero-order valence-corrected chi connectivity index (χ0v) is 14.8. The summed E-state index contributed by atoms with van der Waals surface area (Å²) >= 11 is 0. The van der Waals surface area contributed by atoms with Crippen LogP contribution in [0.2, 0.25) is 0 Å². The van der Waals surface area contributed by atoms with Crippen molar-refractivity contribution in [3.8, 4) is 0 Å². The lowest BCUT2D eigenvalue weighted by Crippen LogP contribution is -2.26. The van der Waals surface area contributed by atoms with Crippen molar-refractivity contribution in [3.63, 3.8) is 0 Å². The smallest absolute Gasteiger partial charge is 0.226 e. The Hall–Kier alpha value is -2.94. The van der Waals surface area contributed by atoms with Crippen molar-refractivity contribution in [2.45, 2.75) is 32.9 Å². The highest BCUT2D eigenvalue weighted by Crippen LogP contribution is 2.24. The van der Waals surface area contributed by atoms with Crippen LogP contribution in [0.1, 0.15) is 25.2 Å². The molecule has 1 atom stereocenters. The summed E-state index contributed by atoms with van der Waals surface area (Å²) in [6.07, 6.45) is 0.371. The lowest BCUT2D eigenvalue weighted by molar-refractivity contribution is 0.625. The number of imidazole rings is 1. The minimum atomic E-state index is -0.338. The highest BCUT2D eigenvalue weighted by molar-refractivity contribution is 5.83. The van der Waals surface area contributed by atoms with Gasteiger partial charge in [-0.3, -0.25) is 0 Å². The molecule has 0 aliphatic heterocycles. The third kappa shape index (κ3) is 3.52. The van der Waals surface area contributed by atoms with E-state index in [4.69, 9.17) is 17.2 Å². The van der Waals surface area contributed by atoms with Crippen LogP contribution in [-0.2, 0) is 13.0 Å². The Morgan fingerprint density at radius 2 is 2.00 bits per heavy atom. The van der Waals surface area contributed by atoms with E-state index in [1.165, 1.54) is 12.1 Å². The maximum atomic E-state index is 13.6. The number of benzene rings is 1. The second-order valence-corrected chi connectivity index (χ2v) is 6.26. The van der Waals surface area contributed by atoms with Gasteiger partial charge in [0.2, 0.25) is 5.95 Å². The van der Waals surface area contributed by atoms with Crippen molar-refractivity contribution in [1.29, 1.82) is 0 Å². The third-order valence-corrected chi connectivity index (χ3v) is 4.05. The minimum Gasteiger partial charge on any atom is -0.398 e. The monoisotopic (exact) mass is 358 g/mol. The predicted molar refractivity (Wildman–Crippen MR) is 101 cm³/mol. The molecule has 0 amide bonds. The van der Waals surface area contributed by atoms with E-state index in [1.54, 1.807) is 6.07 Å². The number of nitrogens with zero attached hydrogens (tertiary/aromatic N) is 4. The van der Waals surface area contributed by atoms with Gasteiger partial charge in [-0.2, -0.15) is 9.97 Å². The number of rotatable bonds is 6. The second-order valence-electron chi connectivity index (χ2n) is 6.26. The summed E-state index contributed by atoms with van der Waals surface area (Å²) in [5.74, 6) is 1.04. The summed E-state index contributed by atoms with van der Waals surface area (Å²) in [4.78, 5) is 13.3. The molecule has 0 radical (unpaired) electrons. The van der Waals surface area contributed by atoms with Gasteiger partial charge >= 0.3 is 0 Å². The molecule has 138 valence electrons. The summed E-state index contributed by atoms with van der Waals surface area (Å²) < 4.78 is 15.5. The Labute approximate surface area is 150 Å². The molecule has 9 heteroatoms. The number of nitrogen functional groups attached to an aromatic ring is 2. The summed E-state index contributed by atoms with van der Waals surface area (Å²) in [7, 11) is 0. The summed E-state index contributed by atoms with van der Waals surface area (Å²) in [6.45, 7) is 5.02. The number of fused-ring (bicyclic) bond motifs is 1. The number of nitrogens with two attached hydrogens (primary N) is 3. The summed E-state index contributed by atoms with van der Waals surface area (Å²) in [6, 6.07) is 4.26. The van der Waals surface area contributed by atoms with Gasteiger partial charge < -0.3 is 27.1 Å². The van der Waals surface area contributed by atoms with Crippen molar-refractivity contribution in [1.82, 2.24) is 19.5 Å². The average Bonchev–Trinajstić information content (AvgIpc) is 2.94. The van der Waals surface area contributed by atoms with Crippen LogP contribution in [-0.4, -0.2) is 32.1 Å². The largest absolute Gasteiger partial charge is 0.398 e. The molecular weight excluding hydrogens is 335 g/mol. The van der Waals surface area contributed by atoms with Crippen LogP contribution in [0.5, 0.6) is 0 Å². The first kappa shape index (κ1) is 17.9. The maximum absolute atomic E-state index is 13.6. The standard InChI is InChI=1S/C17H23FN8/c1-3-26-13(7-10-6-11(18)4-5-12(10)20)23-14-15(21)24-17(25-16(14)26)22-8-9(2)19/h4-6,9H,3,7-8,19-20H2,1-2H3,(H3,21,22,24,25)/t9-/m1/s1. The molecule has 2 aromatic heterocycles. The SMILES string of the molecule is CCn1c(Cc2cc(F)ccc2N)nc2c(N)nc(NC[C@@H](C)N)nc21. The van der Waals surface area contributed by atoms with Crippen LogP contribution in [0.15, 0.2) is 18.2 Å². The number of anilines is 3. The molecule has 0 aliphatic rings. The fraction of sp³-hybridized carbons (Fsp3) is 0.353. The number of aryl methyl sites for hydroxylation is 1. The first-order valence-corrected chi connectivity index (χ1v) is 8.45. The van der Waals surface area contributed by atoms with Gasteiger partial charge in [0.15, 0.2) is 17.0 Å². The fourth-order valence-corrected chi connectivity index (χ4v) is 2.76. The molecule has 0 fully saturated rings. The van der Waals surface area contributed by atoms with Gasteiger partial charge in [0, 0.05) is 31.2 Å². The highest BCUT2D eigenvalue weighted by Gasteiger charge is 2.17. The molecule has 8 nitrogen and oxygen atoms in total. The van der Waals surface area contributed by atoms with E-state index in [0.717, 1.165) is 0 Å². The van der Waals surface area contributed by atoms with E-state index in [9.17, 15) is 4.39 Å². The molecule has 2 heterocycles. The minimum absolute atomic E-state index is 0.0434. The van der Waals surface area contributed by atoms with Gasteiger partial charge in [0.1, 0.15) is 11.6 Å². The van der Waals surface area contributed by atoms with Crippen LogP contribution < -0.4 is 22.5 Å². The van der Waals surface area contributed by atoms with Gasteiger partial charge in [-0.1, -0.05) is 0 Å². The quantitative estimate of drug-likeness (QED) is 0.491. The molecule has 26 heavy (non-hydrogen) atoms. The zero-order chi connectivity index (χ0) is 18.8. The zero-order valence-electron chi connectivity index (χ0n) is 14.8. The topological polar surface area (TPSA) is 134 Å². The molecule has 0 saturated heterocycles. The molecule has 0 bridgehead atoms. The molecule has 7 N–H and O–H groups in total. The molecule has 3 aromatic rings. The molecule has 1 aromatic carbocycles. The Kier molecular flexibility index (Phi) is 4.90. The number of hydrogen-bond acceptors (Lipinski definition) is 7. The van der Waals surface area contributed by atoms with Crippen molar-refractivity contribution in [3.05, 3.63) is 35.4 Å². The summed E-state index contributed by atoms with van der Waals surface area (Å²) in [5.41, 5.74) is 20.1. The van der Waals surface area contributed by atoms with E-state index in [-0.39, 0.29) is 17.7 Å². The van der Waals surface area contributed by atoms with Crippen LogP contribution in [0.3, 0.4) is 0 Å². The van der Waals surface area contributed by atoms with E-state index in [1.807, 2.05) is 18.4 Å². The number of hydrogen-bond donors (Lipinski definition) is 4. The van der Waals surface area contributed by atoms with Crippen LogP contribution >= 0.6 is 0 Å². The van der Waals surface area contributed by atoms with Gasteiger partial charge in [0.05, 0.1) is 0 Å². The van der Waals surface area contributed by atoms with Gasteiger partial charge in [-0.25, -0.2) is 9.37 Å². The van der Waals surface area contributed by atoms with Gasteiger partial charge in [-0.05, 0) is 37.6 Å². The lowest BCUT2D eigenvalue weighted by atomic mass is 10.1. The Balaban J connectivity index is 2.03. The maximum Gasteiger partial charge on any atom is 0.226 e. The highest BCUT2D eigenvalue weighted by atomic mass is 19.1. The second kappa shape index (κ2) is 7.12. The first-order valence-electron chi connectivity index (χ1n) is 8.45. The molecule has 0 spiro atoms. The Morgan fingerprint density at radius 1 is 1.23 bits per heavy atom. The predicted octanol–water partition coefficient (Wildman–Crippen LogP) is 1.50. The number of aromatic nitrogens is 4.